The highest BCUT2D eigenvalue weighted by atomic mass is 32.1. The van der Waals surface area contributed by atoms with Gasteiger partial charge in [0.15, 0.2) is 0 Å². The van der Waals surface area contributed by atoms with Gasteiger partial charge in [0.1, 0.15) is 0 Å². The van der Waals surface area contributed by atoms with Crippen LogP contribution in [0.15, 0.2) is 176 Å². The molecule has 0 spiro atoms. The van der Waals surface area contributed by atoms with Gasteiger partial charge in [0.05, 0.1) is 10.4 Å². The van der Waals surface area contributed by atoms with Crippen molar-refractivity contribution >= 4 is 91.7 Å². The summed E-state index contributed by atoms with van der Waals surface area (Å²) in [5, 5.41) is 12.8. The molecule has 0 fully saturated rings. The van der Waals surface area contributed by atoms with E-state index in [1.54, 1.807) is 0 Å². The molecule has 10 aromatic rings. The standard InChI is InChI=1S/C46H29NS/c1-3-12-36-30(9-1)11-7-15-37(36)32-19-23-34(24-20-32)47(44-17-8-16-43-42-14-5-6-18-45(42)48-46(43)44)35-25-28-39-33(29-35)22-27-40-38-13-4-2-10-31(38)21-26-41(39)40/h1-29H. The van der Waals surface area contributed by atoms with Gasteiger partial charge in [0.25, 0.3) is 0 Å². The van der Waals surface area contributed by atoms with E-state index in [2.05, 4.69) is 181 Å². The van der Waals surface area contributed by atoms with E-state index in [0.29, 0.717) is 0 Å². The first-order chi connectivity index (χ1) is 23.8. The third-order valence-corrected chi connectivity index (χ3v) is 11.0. The third kappa shape index (κ3) is 4.24. The van der Waals surface area contributed by atoms with Crippen LogP contribution in [0.25, 0.3) is 74.4 Å². The van der Waals surface area contributed by atoms with Crippen molar-refractivity contribution in [3.8, 4) is 11.1 Å². The Morgan fingerprint density at radius 3 is 1.77 bits per heavy atom. The molecule has 48 heavy (non-hydrogen) atoms. The molecule has 0 aliphatic carbocycles. The van der Waals surface area contributed by atoms with Crippen LogP contribution in [0.3, 0.4) is 0 Å². The molecule has 224 valence electrons. The van der Waals surface area contributed by atoms with Gasteiger partial charge in [-0.05, 0) is 90.6 Å². The van der Waals surface area contributed by atoms with Gasteiger partial charge in [0, 0.05) is 26.8 Å². The summed E-state index contributed by atoms with van der Waals surface area (Å²) in [6, 6.07) is 64.5. The largest absolute Gasteiger partial charge is 0.309 e. The van der Waals surface area contributed by atoms with Crippen LogP contribution in [-0.2, 0) is 0 Å². The molecule has 2 heteroatoms. The number of nitrogens with zero attached hydrogens (tertiary/aromatic N) is 1. The van der Waals surface area contributed by atoms with Crippen LogP contribution in [0, 0.1) is 0 Å². The van der Waals surface area contributed by atoms with Gasteiger partial charge < -0.3 is 4.90 Å². The smallest absolute Gasteiger partial charge is 0.0640 e. The zero-order valence-electron chi connectivity index (χ0n) is 26.1. The molecule has 0 amide bonds. The van der Waals surface area contributed by atoms with E-state index in [9.17, 15) is 0 Å². The second-order valence-corrected chi connectivity index (χ2v) is 13.6. The molecule has 1 aromatic heterocycles. The van der Waals surface area contributed by atoms with E-state index in [-0.39, 0.29) is 0 Å². The SMILES string of the molecule is c1ccc2c(-c3ccc(N(c4ccc5c(ccc6c7ccccc7ccc56)c4)c4cccc5c4sc4ccccc45)cc3)cccc2c1. The lowest BCUT2D eigenvalue weighted by Crippen LogP contribution is -2.10. The maximum absolute atomic E-state index is 2.44. The second-order valence-electron chi connectivity index (χ2n) is 12.5. The minimum absolute atomic E-state index is 1.13. The van der Waals surface area contributed by atoms with Gasteiger partial charge >= 0.3 is 0 Å². The summed E-state index contributed by atoms with van der Waals surface area (Å²) in [5.41, 5.74) is 5.94. The van der Waals surface area contributed by atoms with Crippen LogP contribution in [-0.4, -0.2) is 0 Å². The molecule has 0 saturated carbocycles. The van der Waals surface area contributed by atoms with Crippen LogP contribution in [0.1, 0.15) is 0 Å². The summed E-state index contributed by atoms with van der Waals surface area (Å²) in [7, 11) is 0. The Morgan fingerprint density at radius 1 is 0.354 bits per heavy atom. The second kappa shape index (κ2) is 10.8. The van der Waals surface area contributed by atoms with Crippen molar-refractivity contribution in [3.05, 3.63) is 176 Å². The zero-order valence-corrected chi connectivity index (χ0v) is 26.9. The Hall–Kier alpha value is -5.96. The number of anilines is 3. The van der Waals surface area contributed by atoms with Gasteiger partial charge in [-0.2, -0.15) is 0 Å². The number of rotatable bonds is 4. The highest BCUT2D eigenvalue weighted by Crippen LogP contribution is 2.46. The van der Waals surface area contributed by atoms with E-state index in [1.165, 1.54) is 80.1 Å². The topological polar surface area (TPSA) is 3.24 Å². The van der Waals surface area contributed by atoms with Crippen molar-refractivity contribution in [2.45, 2.75) is 0 Å². The van der Waals surface area contributed by atoms with Crippen molar-refractivity contribution in [2.24, 2.45) is 0 Å². The maximum Gasteiger partial charge on any atom is 0.0640 e. The fourth-order valence-electron chi connectivity index (χ4n) is 7.56. The molecule has 10 rings (SSSR count). The molecule has 0 N–H and O–H groups in total. The fraction of sp³-hybridized carbons (Fsp3) is 0. The Labute approximate surface area is 282 Å². The monoisotopic (exact) mass is 627 g/mol. The summed E-state index contributed by atoms with van der Waals surface area (Å²) in [4.78, 5) is 2.44. The van der Waals surface area contributed by atoms with E-state index in [0.717, 1.165) is 11.4 Å². The van der Waals surface area contributed by atoms with Crippen molar-refractivity contribution in [3.63, 3.8) is 0 Å². The molecule has 0 bridgehead atoms. The first-order valence-electron chi connectivity index (χ1n) is 16.4. The number of hydrogen-bond acceptors (Lipinski definition) is 2. The Balaban J connectivity index is 1.18. The van der Waals surface area contributed by atoms with Crippen LogP contribution in [0.2, 0.25) is 0 Å². The number of fused-ring (bicyclic) bond motifs is 9. The predicted octanol–water partition coefficient (Wildman–Crippen LogP) is 13.8. The quantitative estimate of drug-likeness (QED) is 0.176. The molecule has 0 radical (unpaired) electrons. The summed E-state index contributed by atoms with van der Waals surface area (Å²) in [6.45, 7) is 0. The molecule has 0 atom stereocenters. The van der Waals surface area contributed by atoms with Crippen molar-refractivity contribution in [2.75, 3.05) is 4.90 Å². The lowest BCUT2D eigenvalue weighted by molar-refractivity contribution is 1.31. The van der Waals surface area contributed by atoms with E-state index in [1.807, 2.05) is 11.3 Å². The van der Waals surface area contributed by atoms with Crippen molar-refractivity contribution in [1.82, 2.24) is 0 Å². The number of benzene rings is 9. The van der Waals surface area contributed by atoms with Crippen LogP contribution in [0.5, 0.6) is 0 Å². The average molecular weight is 628 g/mol. The van der Waals surface area contributed by atoms with Gasteiger partial charge in [-0.3, -0.25) is 0 Å². The average Bonchev–Trinajstić information content (AvgIpc) is 3.54. The zero-order chi connectivity index (χ0) is 31.6. The maximum atomic E-state index is 2.44. The Kier molecular flexibility index (Phi) is 6.12. The van der Waals surface area contributed by atoms with E-state index in [4.69, 9.17) is 0 Å². The van der Waals surface area contributed by atoms with Gasteiger partial charge in [0.2, 0.25) is 0 Å². The minimum Gasteiger partial charge on any atom is -0.309 e. The molecule has 1 heterocycles. The molecule has 0 saturated heterocycles. The predicted molar refractivity (Wildman–Crippen MR) is 209 cm³/mol. The fourth-order valence-corrected chi connectivity index (χ4v) is 8.76. The molecular formula is C46H29NS. The Morgan fingerprint density at radius 2 is 0.938 bits per heavy atom. The lowest BCUT2D eigenvalue weighted by Gasteiger charge is -2.27. The van der Waals surface area contributed by atoms with Crippen molar-refractivity contribution < 1.29 is 0 Å². The van der Waals surface area contributed by atoms with Gasteiger partial charge in [-0.15, -0.1) is 11.3 Å². The summed E-state index contributed by atoms with van der Waals surface area (Å²) < 4.78 is 2.60. The van der Waals surface area contributed by atoms with Gasteiger partial charge in [-0.1, -0.05) is 140 Å². The third-order valence-electron chi connectivity index (χ3n) is 9.83. The normalized spacial score (nSPS) is 11.8. The van der Waals surface area contributed by atoms with E-state index < -0.39 is 0 Å². The highest BCUT2D eigenvalue weighted by Gasteiger charge is 2.19. The molecule has 0 unspecified atom stereocenters. The van der Waals surface area contributed by atoms with Crippen LogP contribution in [0.4, 0.5) is 17.1 Å². The molecule has 0 aliphatic rings. The molecular weight excluding hydrogens is 599 g/mol. The highest BCUT2D eigenvalue weighted by molar-refractivity contribution is 7.26. The summed E-state index contributed by atoms with van der Waals surface area (Å²) >= 11 is 1.87. The number of hydrogen-bond donors (Lipinski definition) is 0. The molecule has 9 aromatic carbocycles. The van der Waals surface area contributed by atoms with E-state index >= 15 is 0 Å². The first kappa shape index (κ1) is 27.2. The van der Waals surface area contributed by atoms with Crippen molar-refractivity contribution in [1.29, 1.82) is 0 Å². The Bertz CT molecular complexity index is 2840. The minimum atomic E-state index is 1.13. The summed E-state index contributed by atoms with van der Waals surface area (Å²) in [6.07, 6.45) is 0. The van der Waals surface area contributed by atoms with Gasteiger partial charge in [-0.25, -0.2) is 0 Å². The first-order valence-corrected chi connectivity index (χ1v) is 17.2. The molecule has 0 aliphatic heterocycles. The molecule has 1 nitrogen and oxygen atoms in total. The summed E-state index contributed by atoms with van der Waals surface area (Å²) in [5.74, 6) is 0. The number of thiophene rings is 1. The lowest BCUT2D eigenvalue weighted by atomic mass is 9.96. The van der Waals surface area contributed by atoms with Crippen LogP contribution < -0.4 is 4.90 Å². The van der Waals surface area contributed by atoms with Crippen LogP contribution >= 0.6 is 11.3 Å².